The van der Waals surface area contributed by atoms with Gasteiger partial charge in [-0.3, -0.25) is 0 Å². The van der Waals surface area contributed by atoms with Crippen molar-refractivity contribution in [3.8, 4) is 44.8 Å². The number of rotatable bonds is 4. The molecule has 8 aromatic rings. The van der Waals surface area contributed by atoms with Crippen LogP contribution in [-0.2, 0) is 0 Å². The van der Waals surface area contributed by atoms with Gasteiger partial charge in [0.2, 0.25) is 0 Å². The Hall–Kier alpha value is -5.47. The van der Waals surface area contributed by atoms with Gasteiger partial charge in [-0.15, -0.1) is 0 Å². The highest BCUT2D eigenvalue weighted by atomic mass is 15.2. The highest BCUT2D eigenvalue weighted by Gasteiger charge is 2.22. The summed E-state index contributed by atoms with van der Waals surface area (Å²) < 4.78 is 2.18. The molecule has 0 amide bonds. The number of nitrogens with zero attached hydrogens (tertiary/aromatic N) is 2. The van der Waals surface area contributed by atoms with Crippen LogP contribution >= 0.6 is 0 Å². The zero-order chi connectivity index (χ0) is 27.2. The maximum Gasteiger partial charge on any atom is 0.101 e. The van der Waals surface area contributed by atoms with Crippen LogP contribution in [0.25, 0.3) is 71.8 Å². The third-order valence-corrected chi connectivity index (χ3v) is 7.98. The summed E-state index contributed by atoms with van der Waals surface area (Å²) in [6, 6.07) is 56.1. The fourth-order valence-electron chi connectivity index (χ4n) is 6.07. The number of aromatic nitrogens is 2. The first-order chi connectivity index (χ1) is 20.3. The normalized spacial score (nSPS) is 11.4. The Labute approximate surface area is 238 Å². The van der Waals surface area contributed by atoms with E-state index in [1.165, 1.54) is 32.7 Å². The Morgan fingerprint density at radius 3 is 1.59 bits per heavy atom. The molecule has 0 fully saturated rings. The monoisotopic (exact) mass is 522 g/mol. The fourth-order valence-corrected chi connectivity index (χ4v) is 6.07. The Balaban J connectivity index is 1.56. The van der Waals surface area contributed by atoms with E-state index in [9.17, 15) is 0 Å². The molecule has 0 bridgehead atoms. The summed E-state index contributed by atoms with van der Waals surface area (Å²) in [5.74, 6) is 0. The van der Waals surface area contributed by atoms with E-state index in [2.05, 4.69) is 162 Å². The first-order valence-electron chi connectivity index (χ1n) is 14.0. The molecular weight excluding hydrogens is 496 g/mol. The molecule has 0 atom stereocenters. The van der Waals surface area contributed by atoms with Crippen molar-refractivity contribution in [2.75, 3.05) is 0 Å². The minimum atomic E-state index is 0.983. The zero-order valence-electron chi connectivity index (χ0n) is 22.4. The lowest BCUT2D eigenvalue weighted by Gasteiger charge is -2.15. The van der Waals surface area contributed by atoms with Gasteiger partial charge in [0.25, 0.3) is 0 Å². The molecule has 2 heterocycles. The van der Waals surface area contributed by atoms with E-state index < -0.39 is 0 Å². The molecule has 8 rings (SSSR count). The van der Waals surface area contributed by atoms with Crippen LogP contribution in [0.4, 0.5) is 0 Å². The molecule has 2 aromatic heterocycles. The first-order valence-corrected chi connectivity index (χ1v) is 14.0. The van der Waals surface area contributed by atoms with Gasteiger partial charge in [0, 0.05) is 22.1 Å². The summed E-state index contributed by atoms with van der Waals surface area (Å²) in [6.45, 7) is 0. The van der Waals surface area contributed by atoms with Crippen molar-refractivity contribution in [2.24, 2.45) is 0 Å². The second-order valence-corrected chi connectivity index (χ2v) is 10.4. The molecule has 0 aliphatic rings. The van der Waals surface area contributed by atoms with E-state index in [1.807, 2.05) is 0 Å². The van der Waals surface area contributed by atoms with Crippen LogP contribution in [0.3, 0.4) is 0 Å². The number of hydrogen-bond acceptors (Lipinski definition) is 1. The summed E-state index contributed by atoms with van der Waals surface area (Å²) >= 11 is 0. The van der Waals surface area contributed by atoms with Crippen molar-refractivity contribution in [2.45, 2.75) is 0 Å². The lowest BCUT2D eigenvalue weighted by Crippen LogP contribution is -1.98. The number of hydrogen-bond donors (Lipinski definition) is 0. The minimum Gasteiger partial charge on any atom is -0.231 e. The van der Waals surface area contributed by atoms with Crippen molar-refractivity contribution in [3.05, 3.63) is 158 Å². The van der Waals surface area contributed by atoms with Gasteiger partial charge >= 0.3 is 0 Å². The van der Waals surface area contributed by atoms with Crippen LogP contribution < -0.4 is 0 Å². The van der Waals surface area contributed by atoms with Crippen LogP contribution in [0.5, 0.6) is 0 Å². The van der Waals surface area contributed by atoms with Gasteiger partial charge in [-0.25, -0.2) is 4.52 Å². The quantitative estimate of drug-likeness (QED) is 0.225. The Kier molecular flexibility index (Phi) is 5.49. The molecule has 0 aliphatic carbocycles. The molecule has 0 unspecified atom stereocenters. The topological polar surface area (TPSA) is 17.3 Å². The highest BCUT2D eigenvalue weighted by Crippen LogP contribution is 2.43. The van der Waals surface area contributed by atoms with Gasteiger partial charge in [0.05, 0.1) is 11.2 Å². The van der Waals surface area contributed by atoms with Crippen LogP contribution in [0.2, 0.25) is 0 Å². The number of fused-ring (bicyclic) bond motifs is 4. The largest absolute Gasteiger partial charge is 0.231 e. The van der Waals surface area contributed by atoms with E-state index in [0.29, 0.717) is 0 Å². The van der Waals surface area contributed by atoms with Crippen molar-refractivity contribution >= 4 is 27.1 Å². The molecule has 0 aliphatic heterocycles. The van der Waals surface area contributed by atoms with E-state index in [4.69, 9.17) is 5.10 Å². The summed E-state index contributed by atoms with van der Waals surface area (Å²) in [4.78, 5) is 0. The second kappa shape index (κ2) is 9.62. The molecule has 6 aromatic carbocycles. The first kappa shape index (κ1) is 23.4. The number of pyridine rings is 1. The fraction of sp³-hybridized carbons (Fsp3) is 0. The molecular formula is C39H26N2. The molecule has 192 valence electrons. The Morgan fingerprint density at radius 1 is 0.415 bits per heavy atom. The van der Waals surface area contributed by atoms with E-state index >= 15 is 0 Å². The van der Waals surface area contributed by atoms with Gasteiger partial charge in [-0.05, 0) is 51.0 Å². The van der Waals surface area contributed by atoms with E-state index in [1.54, 1.807) is 0 Å². The Bertz CT molecular complexity index is 2180. The van der Waals surface area contributed by atoms with Crippen molar-refractivity contribution in [1.82, 2.24) is 9.61 Å². The molecule has 2 heteroatoms. The Morgan fingerprint density at radius 2 is 0.927 bits per heavy atom. The molecule has 0 radical (unpaired) electrons. The average molecular weight is 523 g/mol. The van der Waals surface area contributed by atoms with E-state index in [-0.39, 0.29) is 0 Å². The summed E-state index contributed by atoms with van der Waals surface area (Å²) in [5, 5.41) is 10.2. The van der Waals surface area contributed by atoms with Crippen LogP contribution in [0, 0.1) is 0 Å². The summed E-state index contributed by atoms with van der Waals surface area (Å²) in [6.07, 6.45) is 0. The smallest absolute Gasteiger partial charge is 0.101 e. The third kappa shape index (κ3) is 3.92. The predicted molar refractivity (Wildman–Crippen MR) is 172 cm³/mol. The highest BCUT2D eigenvalue weighted by molar-refractivity contribution is 6.09. The van der Waals surface area contributed by atoms with Crippen LogP contribution in [0.15, 0.2) is 158 Å². The lowest BCUT2D eigenvalue weighted by molar-refractivity contribution is 0.980. The van der Waals surface area contributed by atoms with Crippen molar-refractivity contribution < 1.29 is 0 Å². The van der Waals surface area contributed by atoms with E-state index in [0.717, 1.165) is 39.2 Å². The predicted octanol–water partition coefficient (Wildman–Crippen LogP) is 10.3. The van der Waals surface area contributed by atoms with Crippen molar-refractivity contribution in [3.63, 3.8) is 0 Å². The van der Waals surface area contributed by atoms with Gasteiger partial charge in [-0.2, -0.15) is 5.10 Å². The summed E-state index contributed by atoms with van der Waals surface area (Å²) in [5.41, 5.74) is 10.1. The third-order valence-electron chi connectivity index (χ3n) is 7.98. The molecule has 2 nitrogen and oxygen atoms in total. The SMILES string of the molecule is c1ccc(-c2cc3ccccc3cc2-c2cc3ccccc3c3c(-c4ccccc4)c(-c4ccccc4)nn23)cc1. The molecule has 41 heavy (non-hydrogen) atoms. The lowest BCUT2D eigenvalue weighted by atomic mass is 9.92. The van der Waals surface area contributed by atoms with Crippen molar-refractivity contribution in [1.29, 1.82) is 0 Å². The molecule has 0 saturated carbocycles. The number of benzene rings is 6. The second-order valence-electron chi connectivity index (χ2n) is 10.4. The maximum atomic E-state index is 5.42. The van der Waals surface area contributed by atoms with Gasteiger partial charge in [-0.1, -0.05) is 140 Å². The maximum absolute atomic E-state index is 5.42. The van der Waals surface area contributed by atoms with Crippen LogP contribution in [0.1, 0.15) is 0 Å². The summed E-state index contributed by atoms with van der Waals surface area (Å²) in [7, 11) is 0. The zero-order valence-corrected chi connectivity index (χ0v) is 22.4. The van der Waals surface area contributed by atoms with Gasteiger partial charge in [0.15, 0.2) is 0 Å². The van der Waals surface area contributed by atoms with Gasteiger partial charge in [0.1, 0.15) is 5.69 Å². The van der Waals surface area contributed by atoms with Crippen LogP contribution in [-0.4, -0.2) is 9.61 Å². The minimum absolute atomic E-state index is 0.983. The average Bonchev–Trinajstić information content (AvgIpc) is 3.46. The molecule has 0 saturated heterocycles. The van der Waals surface area contributed by atoms with Gasteiger partial charge < -0.3 is 0 Å². The molecule has 0 spiro atoms. The standard InChI is InChI=1S/C39H26N2/c1-4-14-27(15-5-1)34-24-30-20-10-11-21-31(30)25-35(34)36-26-32-22-12-13-23-33(32)39-37(28-16-6-2-7-17-28)38(40-41(36)39)29-18-8-3-9-19-29/h1-26H. The molecule has 0 N–H and O–H groups in total.